The van der Waals surface area contributed by atoms with E-state index in [4.69, 9.17) is 4.74 Å². The van der Waals surface area contributed by atoms with Crippen LogP contribution in [0.2, 0.25) is 0 Å². The number of ether oxygens (including phenoxy) is 1. The molecule has 2 aromatic rings. The highest BCUT2D eigenvalue weighted by Gasteiger charge is 2.26. The largest absolute Gasteiger partial charge is 0.466 e. The van der Waals surface area contributed by atoms with Crippen LogP contribution in [-0.2, 0) is 16.1 Å². The van der Waals surface area contributed by atoms with Crippen LogP contribution in [0, 0.1) is 0 Å². The van der Waals surface area contributed by atoms with Crippen molar-refractivity contribution in [1.82, 2.24) is 9.55 Å². The predicted molar refractivity (Wildman–Crippen MR) is 84.7 cm³/mol. The van der Waals surface area contributed by atoms with Crippen LogP contribution in [0.5, 0.6) is 0 Å². The standard InChI is InChI=1S/C16H20N2O2S/c1-3-20-15(19)9-11-5-4-8-18-13(11)10-12-14(21-2)6-7-17-16(12)18/h6-7,10-11H,3-5,8-9H2,1-2H3. The molecule has 21 heavy (non-hydrogen) atoms. The molecule has 0 saturated heterocycles. The average Bonchev–Trinajstić information content (AvgIpc) is 2.87. The fourth-order valence-electron chi connectivity index (χ4n) is 3.17. The maximum absolute atomic E-state index is 11.8. The van der Waals surface area contributed by atoms with Crippen LogP contribution in [0.1, 0.15) is 37.8 Å². The number of esters is 1. The average molecular weight is 304 g/mol. The molecule has 3 rings (SSSR count). The lowest BCUT2D eigenvalue weighted by Crippen LogP contribution is -2.19. The van der Waals surface area contributed by atoms with Gasteiger partial charge < -0.3 is 9.30 Å². The summed E-state index contributed by atoms with van der Waals surface area (Å²) in [6.07, 6.45) is 6.56. The summed E-state index contributed by atoms with van der Waals surface area (Å²) in [7, 11) is 0. The summed E-state index contributed by atoms with van der Waals surface area (Å²) in [4.78, 5) is 17.6. The molecule has 5 heteroatoms. The number of rotatable bonds is 4. The Morgan fingerprint density at radius 3 is 3.19 bits per heavy atom. The minimum Gasteiger partial charge on any atom is -0.466 e. The number of hydrogen-bond acceptors (Lipinski definition) is 4. The van der Waals surface area contributed by atoms with E-state index in [9.17, 15) is 4.79 Å². The van der Waals surface area contributed by atoms with Gasteiger partial charge in [-0.2, -0.15) is 0 Å². The number of aromatic nitrogens is 2. The maximum Gasteiger partial charge on any atom is 0.306 e. The summed E-state index contributed by atoms with van der Waals surface area (Å²) in [5.74, 6) is 0.154. The van der Waals surface area contributed by atoms with Gasteiger partial charge in [-0.15, -0.1) is 11.8 Å². The van der Waals surface area contributed by atoms with Crippen LogP contribution in [0.3, 0.4) is 0 Å². The third kappa shape index (κ3) is 2.67. The molecule has 1 aliphatic heterocycles. The highest BCUT2D eigenvalue weighted by molar-refractivity contribution is 7.98. The highest BCUT2D eigenvalue weighted by atomic mass is 32.2. The molecular formula is C16H20N2O2S. The lowest BCUT2D eigenvalue weighted by molar-refractivity contribution is -0.143. The van der Waals surface area contributed by atoms with Crippen molar-refractivity contribution in [2.24, 2.45) is 0 Å². The van der Waals surface area contributed by atoms with Gasteiger partial charge in [-0.05, 0) is 38.2 Å². The lowest BCUT2D eigenvalue weighted by atomic mass is 9.93. The fraction of sp³-hybridized carbons (Fsp3) is 0.500. The number of carbonyl (C=O) groups is 1. The van der Waals surface area contributed by atoms with Gasteiger partial charge >= 0.3 is 5.97 Å². The van der Waals surface area contributed by atoms with Gasteiger partial charge in [0.15, 0.2) is 0 Å². The number of pyridine rings is 1. The zero-order chi connectivity index (χ0) is 14.8. The van der Waals surface area contributed by atoms with Crippen LogP contribution in [0.25, 0.3) is 11.0 Å². The van der Waals surface area contributed by atoms with Crippen molar-refractivity contribution < 1.29 is 9.53 Å². The monoisotopic (exact) mass is 304 g/mol. The van der Waals surface area contributed by atoms with E-state index >= 15 is 0 Å². The van der Waals surface area contributed by atoms with E-state index in [1.807, 2.05) is 13.1 Å². The van der Waals surface area contributed by atoms with E-state index in [-0.39, 0.29) is 11.9 Å². The van der Waals surface area contributed by atoms with Gasteiger partial charge in [0.2, 0.25) is 0 Å². The van der Waals surface area contributed by atoms with Crippen LogP contribution >= 0.6 is 11.8 Å². The van der Waals surface area contributed by atoms with Gasteiger partial charge in [-0.25, -0.2) is 4.98 Å². The summed E-state index contributed by atoms with van der Waals surface area (Å²) in [5.41, 5.74) is 2.28. The lowest BCUT2D eigenvalue weighted by Gasteiger charge is -2.24. The van der Waals surface area contributed by atoms with Crippen LogP contribution in [-0.4, -0.2) is 28.4 Å². The first-order chi connectivity index (χ1) is 10.2. The Balaban J connectivity index is 1.99. The smallest absolute Gasteiger partial charge is 0.306 e. The first-order valence-electron chi connectivity index (χ1n) is 7.42. The molecule has 3 heterocycles. The van der Waals surface area contributed by atoms with E-state index in [0.29, 0.717) is 13.0 Å². The zero-order valence-corrected chi connectivity index (χ0v) is 13.3. The Kier molecular flexibility index (Phi) is 4.19. The molecule has 0 radical (unpaired) electrons. The van der Waals surface area contributed by atoms with Gasteiger partial charge in [0.05, 0.1) is 13.0 Å². The number of nitrogens with zero attached hydrogens (tertiary/aromatic N) is 2. The fourth-order valence-corrected chi connectivity index (χ4v) is 3.73. The van der Waals surface area contributed by atoms with Crippen molar-refractivity contribution in [3.05, 3.63) is 24.0 Å². The van der Waals surface area contributed by atoms with Crippen molar-refractivity contribution in [2.75, 3.05) is 12.9 Å². The summed E-state index contributed by atoms with van der Waals surface area (Å²) in [5, 5.41) is 1.20. The SMILES string of the molecule is CCOC(=O)CC1CCCn2c1cc1c(SC)ccnc12. The third-order valence-corrected chi connectivity index (χ3v) is 4.88. The normalized spacial score (nSPS) is 17.7. The Morgan fingerprint density at radius 2 is 2.43 bits per heavy atom. The molecule has 1 unspecified atom stereocenters. The quantitative estimate of drug-likeness (QED) is 0.639. The molecule has 0 spiro atoms. The number of fused-ring (bicyclic) bond motifs is 3. The van der Waals surface area contributed by atoms with E-state index in [1.54, 1.807) is 11.8 Å². The molecule has 0 fully saturated rings. The Morgan fingerprint density at radius 1 is 1.57 bits per heavy atom. The second kappa shape index (κ2) is 6.10. The van der Waals surface area contributed by atoms with E-state index in [2.05, 4.69) is 27.9 Å². The Bertz CT molecular complexity index is 666. The number of aryl methyl sites for hydroxylation is 1. The van der Waals surface area contributed by atoms with Crippen LogP contribution in [0.15, 0.2) is 23.2 Å². The summed E-state index contributed by atoms with van der Waals surface area (Å²) < 4.78 is 7.39. The Labute approximate surface area is 128 Å². The minimum atomic E-state index is -0.0979. The number of thioether (sulfide) groups is 1. The summed E-state index contributed by atoms with van der Waals surface area (Å²) in [6, 6.07) is 4.27. The topological polar surface area (TPSA) is 44.1 Å². The molecule has 0 N–H and O–H groups in total. The minimum absolute atomic E-state index is 0.0979. The molecule has 112 valence electrons. The van der Waals surface area contributed by atoms with Crippen molar-refractivity contribution in [1.29, 1.82) is 0 Å². The third-order valence-electron chi connectivity index (χ3n) is 4.08. The van der Waals surface area contributed by atoms with E-state index in [1.165, 1.54) is 16.0 Å². The summed E-state index contributed by atoms with van der Waals surface area (Å²) in [6.45, 7) is 3.29. The molecule has 2 aromatic heterocycles. The maximum atomic E-state index is 11.8. The molecule has 0 amide bonds. The van der Waals surface area contributed by atoms with Crippen LogP contribution < -0.4 is 0 Å². The van der Waals surface area contributed by atoms with Crippen LogP contribution in [0.4, 0.5) is 0 Å². The van der Waals surface area contributed by atoms with Crippen molar-refractivity contribution >= 4 is 28.8 Å². The molecule has 0 aliphatic carbocycles. The van der Waals surface area contributed by atoms with E-state index in [0.717, 1.165) is 25.0 Å². The predicted octanol–water partition coefficient (Wildman–Crippen LogP) is 3.59. The van der Waals surface area contributed by atoms with E-state index < -0.39 is 0 Å². The number of carbonyl (C=O) groups excluding carboxylic acids is 1. The molecule has 0 aromatic carbocycles. The van der Waals surface area contributed by atoms with Gasteiger partial charge in [-0.3, -0.25) is 4.79 Å². The second-order valence-electron chi connectivity index (χ2n) is 5.32. The first kappa shape index (κ1) is 14.4. The van der Waals surface area contributed by atoms with Gasteiger partial charge in [0.25, 0.3) is 0 Å². The molecule has 0 saturated carbocycles. The molecule has 0 bridgehead atoms. The molecular weight excluding hydrogens is 284 g/mol. The van der Waals surface area contributed by atoms with Gasteiger partial charge in [-0.1, -0.05) is 0 Å². The van der Waals surface area contributed by atoms with Crippen molar-refractivity contribution in [3.8, 4) is 0 Å². The molecule has 4 nitrogen and oxygen atoms in total. The second-order valence-corrected chi connectivity index (χ2v) is 6.17. The van der Waals surface area contributed by atoms with Gasteiger partial charge in [0, 0.05) is 34.6 Å². The molecule has 1 aliphatic rings. The molecule has 1 atom stereocenters. The Hall–Kier alpha value is -1.49. The van der Waals surface area contributed by atoms with Crippen molar-refractivity contribution in [2.45, 2.75) is 43.5 Å². The first-order valence-corrected chi connectivity index (χ1v) is 8.64. The van der Waals surface area contributed by atoms with Gasteiger partial charge in [0.1, 0.15) is 5.65 Å². The van der Waals surface area contributed by atoms with Crippen molar-refractivity contribution in [3.63, 3.8) is 0 Å². The number of hydrogen-bond donors (Lipinski definition) is 0. The highest BCUT2D eigenvalue weighted by Crippen LogP contribution is 2.37. The zero-order valence-electron chi connectivity index (χ0n) is 12.5. The summed E-state index contributed by atoms with van der Waals surface area (Å²) >= 11 is 1.74.